The van der Waals surface area contributed by atoms with E-state index in [0.717, 1.165) is 60.8 Å². The third kappa shape index (κ3) is 5.54. The normalized spacial score (nSPS) is 12.0. The summed E-state index contributed by atoms with van der Waals surface area (Å²) in [6.07, 6.45) is 0. The van der Waals surface area contributed by atoms with Gasteiger partial charge in [-0.15, -0.1) is 11.3 Å². The van der Waals surface area contributed by atoms with Crippen molar-refractivity contribution < 1.29 is 4.42 Å². The monoisotopic (exact) mass is 846 g/mol. The van der Waals surface area contributed by atoms with Crippen molar-refractivity contribution in [2.75, 3.05) is 0 Å². The van der Waals surface area contributed by atoms with Crippen LogP contribution in [0.3, 0.4) is 0 Å². The van der Waals surface area contributed by atoms with Crippen molar-refractivity contribution in [3.63, 3.8) is 0 Å². The standard InChI is InChI=1S/C59H34N4OS/c1-2-13-35(14-3-1)36-25-27-38(28-26-36)57-60-58(45-21-12-23-51-53(45)43-19-8-10-22-50(43)64-51)62-59(61-57)46-31-32-48(56-54(46)44-20-9-11-24-52(44)65-56)63-49-34-40-17-5-4-16-39(40)33-47(49)42-30-29-37-15-6-7-18-41(37)55(42)63/h1-34H. The van der Waals surface area contributed by atoms with Gasteiger partial charge in [0.05, 0.1) is 21.4 Å². The summed E-state index contributed by atoms with van der Waals surface area (Å²) in [5.74, 6) is 1.81. The number of benzene rings is 10. The number of fused-ring (bicyclic) bond motifs is 12. The molecule has 0 spiro atoms. The fourth-order valence-corrected chi connectivity index (χ4v) is 11.3. The molecule has 0 saturated carbocycles. The van der Waals surface area contributed by atoms with E-state index in [2.05, 4.69) is 180 Å². The number of aromatic nitrogens is 4. The van der Waals surface area contributed by atoms with Crippen LogP contribution in [0.4, 0.5) is 0 Å². The Morgan fingerprint density at radius 2 is 1.02 bits per heavy atom. The molecule has 0 fully saturated rings. The van der Waals surface area contributed by atoms with Gasteiger partial charge in [0.25, 0.3) is 0 Å². The summed E-state index contributed by atoms with van der Waals surface area (Å²) in [5.41, 5.74) is 10.2. The molecule has 0 amide bonds. The topological polar surface area (TPSA) is 56.7 Å². The summed E-state index contributed by atoms with van der Waals surface area (Å²) in [4.78, 5) is 16.1. The molecule has 0 radical (unpaired) electrons. The maximum absolute atomic E-state index is 6.38. The van der Waals surface area contributed by atoms with E-state index in [-0.39, 0.29) is 0 Å². The third-order valence-electron chi connectivity index (χ3n) is 13.0. The molecule has 0 unspecified atom stereocenters. The average Bonchev–Trinajstić information content (AvgIpc) is 4.06. The molecule has 0 atom stereocenters. The fraction of sp³-hybridized carbons (Fsp3) is 0. The second kappa shape index (κ2) is 14.0. The molecule has 302 valence electrons. The minimum atomic E-state index is 0.590. The van der Waals surface area contributed by atoms with Gasteiger partial charge in [-0.25, -0.2) is 15.0 Å². The zero-order valence-electron chi connectivity index (χ0n) is 34.7. The van der Waals surface area contributed by atoms with E-state index in [0.29, 0.717) is 17.5 Å². The Hall–Kier alpha value is -8.45. The molecule has 65 heavy (non-hydrogen) atoms. The van der Waals surface area contributed by atoms with Gasteiger partial charge in [0, 0.05) is 59.1 Å². The molecule has 0 bridgehead atoms. The third-order valence-corrected chi connectivity index (χ3v) is 14.2. The maximum atomic E-state index is 6.38. The molecule has 4 heterocycles. The second-order valence-corrected chi connectivity index (χ2v) is 17.7. The SMILES string of the molecule is c1ccc(-c2ccc(-c3nc(-c4cccc5oc6ccccc6c45)nc(-c4ccc(-n5c6cc7ccccc7cc6c6ccc7ccccc7c65)c5sc6ccccc6c45)n3)cc2)cc1. The van der Waals surface area contributed by atoms with Gasteiger partial charge >= 0.3 is 0 Å². The molecule has 10 aromatic carbocycles. The van der Waals surface area contributed by atoms with Crippen LogP contribution >= 0.6 is 11.3 Å². The lowest BCUT2D eigenvalue weighted by Gasteiger charge is -2.14. The molecule has 14 aromatic rings. The largest absolute Gasteiger partial charge is 0.456 e. The molecule has 0 saturated heterocycles. The van der Waals surface area contributed by atoms with Crippen LogP contribution in [0, 0.1) is 0 Å². The van der Waals surface area contributed by atoms with Gasteiger partial charge in [-0.1, -0.05) is 164 Å². The van der Waals surface area contributed by atoms with Crippen LogP contribution in [0.15, 0.2) is 211 Å². The van der Waals surface area contributed by atoms with Crippen LogP contribution in [0.2, 0.25) is 0 Å². The highest BCUT2D eigenvalue weighted by molar-refractivity contribution is 7.26. The van der Waals surface area contributed by atoms with Crippen molar-refractivity contribution in [1.82, 2.24) is 19.5 Å². The van der Waals surface area contributed by atoms with Crippen LogP contribution in [-0.4, -0.2) is 19.5 Å². The molecule has 6 heteroatoms. The van der Waals surface area contributed by atoms with E-state index in [9.17, 15) is 0 Å². The molecule has 0 aliphatic rings. The predicted octanol–water partition coefficient (Wildman–Crippen LogP) is 16.2. The second-order valence-electron chi connectivity index (χ2n) is 16.7. The molecule has 14 rings (SSSR count). The molecule has 0 aliphatic heterocycles. The first-order valence-corrected chi connectivity index (χ1v) is 22.7. The van der Waals surface area contributed by atoms with E-state index in [1.807, 2.05) is 41.7 Å². The van der Waals surface area contributed by atoms with Crippen molar-refractivity contribution in [2.45, 2.75) is 0 Å². The minimum Gasteiger partial charge on any atom is -0.456 e. The molecule has 4 aromatic heterocycles. The Kier molecular flexibility index (Phi) is 7.79. The number of para-hydroxylation sites is 1. The number of nitrogens with zero attached hydrogens (tertiary/aromatic N) is 4. The number of rotatable bonds is 5. The molecular formula is C59H34N4OS. The van der Waals surface area contributed by atoms with Gasteiger partial charge in [-0.05, 0) is 69.8 Å². The zero-order chi connectivity index (χ0) is 42.6. The lowest BCUT2D eigenvalue weighted by Crippen LogP contribution is -2.01. The highest BCUT2D eigenvalue weighted by Crippen LogP contribution is 2.47. The van der Waals surface area contributed by atoms with E-state index < -0.39 is 0 Å². The van der Waals surface area contributed by atoms with Gasteiger partial charge < -0.3 is 8.98 Å². The van der Waals surface area contributed by atoms with Gasteiger partial charge in [-0.3, -0.25) is 0 Å². The van der Waals surface area contributed by atoms with E-state index >= 15 is 0 Å². The van der Waals surface area contributed by atoms with Crippen molar-refractivity contribution in [2.24, 2.45) is 0 Å². The van der Waals surface area contributed by atoms with E-state index in [1.54, 1.807) is 0 Å². The summed E-state index contributed by atoms with van der Waals surface area (Å²) >= 11 is 1.82. The Labute approximate surface area is 376 Å². The van der Waals surface area contributed by atoms with Crippen LogP contribution < -0.4 is 0 Å². The average molecular weight is 847 g/mol. The van der Waals surface area contributed by atoms with E-state index in [1.165, 1.54) is 58.1 Å². The number of hydrogen-bond donors (Lipinski definition) is 0. The predicted molar refractivity (Wildman–Crippen MR) is 271 cm³/mol. The van der Waals surface area contributed by atoms with Crippen molar-refractivity contribution >= 4 is 96.8 Å². The highest BCUT2D eigenvalue weighted by Gasteiger charge is 2.24. The number of hydrogen-bond acceptors (Lipinski definition) is 5. The first-order chi connectivity index (χ1) is 32.2. The van der Waals surface area contributed by atoms with Crippen LogP contribution in [0.1, 0.15) is 0 Å². The summed E-state index contributed by atoms with van der Waals surface area (Å²) in [6, 6.07) is 73.2. The van der Waals surface area contributed by atoms with Crippen LogP contribution in [0.5, 0.6) is 0 Å². The molecule has 0 aliphatic carbocycles. The molecule has 5 nitrogen and oxygen atoms in total. The summed E-state index contributed by atoms with van der Waals surface area (Å²) in [7, 11) is 0. The van der Waals surface area contributed by atoms with Crippen LogP contribution in [-0.2, 0) is 0 Å². The van der Waals surface area contributed by atoms with Gasteiger partial charge in [0.1, 0.15) is 11.2 Å². The van der Waals surface area contributed by atoms with Gasteiger partial charge in [-0.2, -0.15) is 0 Å². The van der Waals surface area contributed by atoms with Crippen LogP contribution in [0.25, 0.3) is 136 Å². The van der Waals surface area contributed by atoms with E-state index in [4.69, 9.17) is 19.4 Å². The molecule has 0 N–H and O–H groups in total. The summed E-state index contributed by atoms with van der Waals surface area (Å²) < 4.78 is 11.3. The quantitative estimate of drug-likeness (QED) is 0.173. The summed E-state index contributed by atoms with van der Waals surface area (Å²) in [5, 5.41) is 11.6. The Morgan fingerprint density at radius 3 is 1.85 bits per heavy atom. The first-order valence-electron chi connectivity index (χ1n) is 21.8. The zero-order valence-corrected chi connectivity index (χ0v) is 35.6. The van der Waals surface area contributed by atoms with Gasteiger partial charge in [0.15, 0.2) is 17.5 Å². The Morgan fingerprint density at radius 1 is 0.385 bits per heavy atom. The maximum Gasteiger partial charge on any atom is 0.164 e. The van der Waals surface area contributed by atoms with Gasteiger partial charge in [0.2, 0.25) is 0 Å². The smallest absolute Gasteiger partial charge is 0.164 e. The van der Waals surface area contributed by atoms with Crippen molar-refractivity contribution in [3.05, 3.63) is 206 Å². The lowest BCUT2D eigenvalue weighted by atomic mass is 10.0. The summed E-state index contributed by atoms with van der Waals surface area (Å²) in [6.45, 7) is 0. The van der Waals surface area contributed by atoms with Crippen molar-refractivity contribution in [1.29, 1.82) is 0 Å². The Balaban J connectivity index is 1.06. The number of furan rings is 1. The lowest BCUT2D eigenvalue weighted by molar-refractivity contribution is 0.669. The number of thiophene rings is 1. The fourth-order valence-electron chi connectivity index (χ4n) is 10.0. The minimum absolute atomic E-state index is 0.590. The first kappa shape index (κ1) is 36.1. The Bertz CT molecular complexity index is 4240. The van der Waals surface area contributed by atoms with Crippen molar-refractivity contribution in [3.8, 4) is 51.0 Å². The highest BCUT2D eigenvalue weighted by atomic mass is 32.1. The molecular weight excluding hydrogens is 813 g/mol.